The first-order chi connectivity index (χ1) is 3.81. The van der Waals surface area contributed by atoms with Gasteiger partial charge in [0, 0.05) is 0 Å². The Balaban J connectivity index is 3.12. The molecule has 0 rings (SSSR count). The normalized spacial score (nSPS) is 12.0. The summed E-state index contributed by atoms with van der Waals surface area (Å²) in [5, 5.41) is 8.82. The van der Waals surface area contributed by atoms with E-state index < -0.39 is 0 Å². The van der Waals surface area contributed by atoms with Gasteiger partial charge in [-0.2, -0.15) is 0 Å². The van der Waals surface area contributed by atoms with Crippen LogP contribution < -0.4 is 0 Å². The largest absolute Gasteiger partial charge is 0.514 e. The van der Waals surface area contributed by atoms with Gasteiger partial charge in [-0.1, -0.05) is 24.9 Å². The molecule has 2 heteroatoms. The van der Waals surface area contributed by atoms with E-state index in [0.717, 1.165) is 25.5 Å². The van der Waals surface area contributed by atoms with Crippen molar-refractivity contribution in [3.05, 3.63) is 11.3 Å². The van der Waals surface area contributed by atoms with Crippen LogP contribution >= 0.6 is 11.6 Å². The fourth-order valence-electron chi connectivity index (χ4n) is 0.410. The maximum absolute atomic E-state index is 8.27. The smallest absolute Gasteiger partial charge is 0.0936 e. The number of allylic oxidation sites excluding steroid dienone is 1. The first-order valence-corrected chi connectivity index (χ1v) is 3.17. The zero-order valence-electron chi connectivity index (χ0n) is 5.02. The molecule has 0 aromatic rings. The van der Waals surface area contributed by atoms with Gasteiger partial charge in [0.15, 0.2) is 0 Å². The topological polar surface area (TPSA) is 20.2 Å². The monoisotopic (exact) mass is 134 g/mol. The van der Waals surface area contributed by atoms with Crippen molar-refractivity contribution < 1.29 is 5.11 Å². The van der Waals surface area contributed by atoms with Gasteiger partial charge in [0.1, 0.15) is 0 Å². The van der Waals surface area contributed by atoms with Gasteiger partial charge in [-0.15, -0.1) is 0 Å². The lowest BCUT2D eigenvalue weighted by Gasteiger charge is -1.91. The van der Waals surface area contributed by atoms with Crippen molar-refractivity contribution in [3.8, 4) is 0 Å². The number of aliphatic hydroxyl groups excluding tert-OH is 1. The van der Waals surface area contributed by atoms with Gasteiger partial charge in [0.05, 0.1) is 11.3 Å². The van der Waals surface area contributed by atoms with Crippen LogP contribution in [0.3, 0.4) is 0 Å². The highest BCUT2D eigenvalue weighted by atomic mass is 35.5. The molecule has 0 atom stereocenters. The van der Waals surface area contributed by atoms with E-state index in [1.165, 1.54) is 0 Å². The van der Waals surface area contributed by atoms with Crippen LogP contribution in [-0.4, -0.2) is 5.11 Å². The molecule has 0 bridgehead atoms. The Morgan fingerprint density at radius 1 is 1.75 bits per heavy atom. The summed E-state index contributed by atoms with van der Waals surface area (Å²) in [7, 11) is 0. The Kier molecular flexibility index (Phi) is 4.87. The summed E-state index contributed by atoms with van der Waals surface area (Å²) >= 11 is 5.46. The van der Waals surface area contributed by atoms with Crippen LogP contribution in [0.25, 0.3) is 0 Å². The molecule has 0 radical (unpaired) electrons. The lowest BCUT2D eigenvalue weighted by Crippen LogP contribution is -1.72. The Bertz CT molecular complexity index is 78.6. The molecule has 0 amide bonds. The van der Waals surface area contributed by atoms with E-state index in [1.54, 1.807) is 0 Å². The van der Waals surface area contributed by atoms with E-state index in [2.05, 4.69) is 6.92 Å². The van der Waals surface area contributed by atoms with E-state index in [1.807, 2.05) is 0 Å². The molecule has 0 aliphatic carbocycles. The Hall–Kier alpha value is -0.170. The molecule has 0 unspecified atom stereocenters. The van der Waals surface area contributed by atoms with E-state index in [4.69, 9.17) is 16.7 Å². The first kappa shape index (κ1) is 7.83. The summed E-state index contributed by atoms with van der Waals surface area (Å²) in [4.78, 5) is 0. The third-order valence-electron chi connectivity index (χ3n) is 0.909. The minimum absolute atomic E-state index is 0.548. The second-order valence-corrected chi connectivity index (χ2v) is 2.16. The lowest BCUT2D eigenvalue weighted by molar-refractivity contribution is 0.468. The number of hydrogen-bond donors (Lipinski definition) is 1. The summed E-state index contributed by atoms with van der Waals surface area (Å²) in [5.41, 5.74) is 0. The molecule has 0 aliphatic heterocycles. The van der Waals surface area contributed by atoms with Crippen LogP contribution in [0.4, 0.5) is 0 Å². The third-order valence-corrected chi connectivity index (χ3v) is 1.20. The van der Waals surface area contributed by atoms with Crippen LogP contribution in [0, 0.1) is 0 Å². The molecule has 1 nitrogen and oxygen atoms in total. The van der Waals surface area contributed by atoms with Gasteiger partial charge >= 0.3 is 0 Å². The number of rotatable bonds is 3. The van der Waals surface area contributed by atoms with Crippen molar-refractivity contribution in [3.63, 3.8) is 0 Å². The minimum atomic E-state index is 0.548. The summed E-state index contributed by atoms with van der Waals surface area (Å²) in [6, 6.07) is 0. The highest BCUT2D eigenvalue weighted by Gasteiger charge is 1.88. The molecular weight excluding hydrogens is 124 g/mol. The van der Waals surface area contributed by atoms with Gasteiger partial charge < -0.3 is 5.11 Å². The van der Waals surface area contributed by atoms with E-state index in [9.17, 15) is 0 Å². The highest BCUT2D eigenvalue weighted by Crippen LogP contribution is 2.09. The average Bonchev–Trinajstić information content (AvgIpc) is 1.83. The van der Waals surface area contributed by atoms with Crippen molar-refractivity contribution in [2.45, 2.75) is 26.2 Å². The summed E-state index contributed by atoms with van der Waals surface area (Å²) in [6.07, 6.45) is 3.92. The summed E-state index contributed by atoms with van der Waals surface area (Å²) < 4.78 is 0. The molecule has 0 aromatic heterocycles. The fraction of sp³-hybridized carbons (Fsp3) is 0.667. The fourth-order valence-corrected chi connectivity index (χ4v) is 0.544. The predicted octanol–water partition coefficient (Wildman–Crippen LogP) is 2.81. The molecule has 48 valence electrons. The molecule has 0 saturated carbocycles. The van der Waals surface area contributed by atoms with Gasteiger partial charge in [0.25, 0.3) is 0 Å². The van der Waals surface area contributed by atoms with Crippen LogP contribution in [0.2, 0.25) is 0 Å². The average molecular weight is 135 g/mol. The standard InChI is InChI=1S/C6H11ClO/c1-2-3-4-6(7)5-8/h5,8H,2-4H2,1H3. The van der Waals surface area contributed by atoms with Gasteiger partial charge in [0.2, 0.25) is 0 Å². The number of hydrogen-bond acceptors (Lipinski definition) is 1. The van der Waals surface area contributed by atoms with Crippen molar-refractivity contribution in [2.24, 2.45) is 0 Å². The van der Waals surface area contributed by atoms with Gasteiger partial charge in [-0.25, -0.2) is 0 Å². The quantitative estimate of drug-likeness (QED) is 0.589. The zero-order chi connectivity index (χ0) is 6.41. The van der Waals surface area contributed by atoms with E-state index >= 15 is 0 Å². The number of halogens is 1. The Morgan fingerprint density at radius 2 is 2.38 bits per heavy atom. The molecule has 1 N–H and O–H groups in total. The maximum Gasteiger partial charge on any atom is 0.0936 e. The Labute approximate surface area is 55.0 Å². The summed E-state index contributed by atoms with van der Waals surface area (Å²) in [6.45, 7) is 2.08. The molecule has 0 aliphatic rings. The lowest BCUT2D eigenvalue weighted by atomic mass is 10.2. The predicted molar refractivity (Wildman–Crippen MR) is 36.1 cm³/mol. The molecular formula is C6H11ClO. The van der Waals surface area contributed by atoms with Crippen LogP contribution in [0.1, 0.15) is 26.2 Å². The second kappa shape index (κ2) is 4.98. The van der Waals surface area contributed by atoms with Gasteiger partial charge in [-0.3, -0.25) is 0 Å². The van der Waals surface area contributed by atoms with Crippen molar-refractivity contribution in [1.82, 2.24) is 0 Å². The Morgan fingerprint density at radius 3 is 2.75 bits per heavy atom. The number of unbranched alkanes of at least 4 members (excludes halogenated alkanes) is 1. The molecule has 0 saturated heterocycles. The number of aliphatic hydroxyl groups is 1. The zero-order valence-corrected chi connectivity index (χ0v) is 5.78. The highest BCUT2D eigenvalue weighted by molar-refractivity contribution is 6.29. The molecule has 0 spiro atoms. The van der Waals surface area contributed by atoms with Crippen molar-refractivity contribution in [1.29, 1.82) is 0 Å². The molecule has 8 heavy (non-hydrogen) atoms. The van der Waals surface area contributed by atoms with Crippen LogP contribution in [-0.2, 0) is 0 Å². The molecule has 0 heterocycles. The minimum Gasteiger partial charge on any atom is -0.514 e. The molecule has 0 aromatic carbocycles. The van der Waals surface area contributed by atoms with E-state index in [-0.39, 0.29) is 0 Å². The van der Waals surface area contributed by atoms with Crippen LogP contribution in [0.15, 0.2) is 11.3 Å². The van der Waals surface area contributed by atoms with Crippen molar-refractivity contribution >= 4 is 11.6 Å². The van der Waals surface area contributed by atoms with E-state index in [0.29, 0.717) is 5.03 Å². The second-order valence-electron chi connectivity index (χ2n) is 1.68. The van der Waals surface area contributed by atoms with Crippen molar-refractivity contribution in [2.75, 3.05) is 0 Å². The van der Waals surface area contributed by atoms with Crippen LogP contribution in [0.5, 0.6) is 0 Å². The molecule has 0 fully saturated rings. The van der Waals surface area contributed by atoms with Gasteiger partial charge in [-0.05, 0) is 12.8 Å². The summed E-state index contributed by atoms with van der Waals surface area (Å²) in [5.74, 6) is 0. The third kappa shape index (κ3) is 4.00. The maximum atomic E-state index is 8.27. The first-order valence-electron chi connectivity index (χ1n) is 2.80. The SMILES string of the molecule is CCCCC(Cl)=CO.